The lowest BCUT2D eigenvalue weighted by molar-refractivity contribution is -0.208. The van der Waals surface area contributed by atoms with Crippen LogP contribution in [0, 0.1) is 23.7 Å². The quantitative estimate of drug-likeness (QED) is 0.406. The van der Waals surface area contributed by atoms with Gasteiger partial charge in [0.2, 0.25) is 0 Å². The molecule has 4 aliphatic carbocycles. The largest absolute Gasteiger partial charge is 0.455 e. The van der Waals surface area contributed by atoms with Gasteiger partial charge in [-0.25, -0.2) is 4.79 Å². The highest BCUT2D eigenvalue weighted by molar-refractivity contribution is 5.81. The molecule has 4 saturated carbocycles. The summed E-state index contributed by atoms with van der Waals surface area (Å²) in [5, 5.41) is 0. The van der Waals surface area contributed by atoms with E-state index in [2.05, 4.69) is 13.5 Å². The monoisotopic (exact) mass is 276 g/mol. The molecule has 0 unspecified atom stereocenters. The third-order valence-electron chi connectivity index (χ3n) is 6.15. The number of esters is 1. The Morgan fingerprint density at radius 1 is 1.15 bits per heavy atom. The molecule has 0 heterocycles. The lowest BCUT2D eigenvalue weighted by Crippen LogP contribution is -2.59. The lowest BCUT2D eigenvalue weighted by atomic mass is 9.49. The number of ether oxygens (including phenoxy) is 1. The summed E-state index contributed by atoms with van der Waals surface area (Å²) in [4.78, 5) is 11.9. The van der Waals surface area contributed by atoms with Gasteiger partial charge in [0.25, 0.3) is 0 Å². The van der Waals surface area contributed by atoms with E-state index in [1.165, 1.54) is 57.4 Å². The summed E-state index contributed by atoms with van der Waals surface area (Å²) in [6.45, 7) is 5.83. The Morgan fingerprint density at radius 2 is 1.75 bits per heavy atom. The summed E-state index contributed by atoms with van der Waals surface area (Å²) in [7, 11) is 0. The Balaban J connectivity index is 1.81. The first-order chi connectivity index (χ1) is 9.68. The first-order valence-corrected chi connectivity index (χ1v) is 8.53. The molecule has 2 heteroatoms. The molecule has 2 nitrogen and oxygen atoms in total. The summed E-state index contributed by atoms with van der Waals surface area (Å²) < 4.78 is 6.05. The van der Waals surface area contributed by atoms with Gasteiger partial charge in [-0.1, -0.05) is 26.3 Å². The minimum Gasteiger partial charge on any atom is -0.455 e. The molecule has 4 fully saturated rings. The molecule has 20 heavy (non-hydrogen) atoms. The molecule has 0 amide bonds. The van der Waals surface area contributed by atoms with Crippen LogP contribution in [0.3, 0.4) is 0 Å². The van der Waals surface area contributed by atoms with Gasteiger partial charge < -0.3 is 4.74 Å². The van der Waals surface area contributed by atoms with Gasteiger partial charge in [0, 0.05) is 6.08 Å². The number of unbranched alkanes of at least 4 members (excludes halogenated alkanes) is 2. The van der Waals surface area contributed by atoms with Crippen molar-refractivity contribution in [3.05, 3.63) is 12.7 Å². The minimum atomic E-state index is -0.200. The summed E-state index contributed by atoms with van der Waals surface area (Å²) in [5.41, 5.74) is -0.145. The summed E-state index contributed by atoms with van der Waals surface area (Å²) in [6.07, 6.45) is 12.7. The molecular weight excluding hydrogens is 248 g/mol. The average Bonchev–Trinajstić information content (AvgIpc) is 2.43. The van der Waals surface area contributed by atoms with E-state index in [4.69, 9.17) is 4.74 Å². The number of carbonyl (C=O) groups excluding carboxylic acids is 1. The fourth-order valence-corrected chi connectivity index (χ4v) is 5.49. The van der Waals surface area contributed by atoms with Gasteiger partial charge in [-0.15, -0.1) is 0 Å². The molecule has 0 saturated heterocycles. The van der Waals surface area contributed by atoms with E-state index in [0.717, 1.165) is 18.3 Å². The van der Waals surface area contributed by atoms with E-state index >= 15 is 0 Å². The smallest absolute Gasteiger partial charge is 0.330 e. The average molecular weight is 276 g/mol. The van der Waals surface area contributed by atoms with Crippen LogP contribution >= 0.6 is 0 Å². The van der Waals surface area contributed by atoms with Gasteiger partial charge in [0.15, 0.2) is 0 Å². The number of carbonyl (C=O) groups is 1. The van der Waals surface area contributed by atoms with Gasteiger partial charge in [0.1, 0.15) is 5.60 Å². The van der Waals surface area contributed by atoms with Crippen molar-refractivity contribution in [2.75, 3.05) is 0 Å². The minimum absolute atomic E-state index is 0.145. The van der Waals surface area contributed by atoms with Crippen LogP contribution in [-0.2, 0) is 9.53 Å². The van der Waals surface area contributed by atoms with Crippen molar-refractivity contribution in [1.82, 2.24) is 0 Å². The van der Waals surface area contributed by atoms with Crippen LogP contribution in [0.2, 0.25) is 0 Å². The second kappa shape index (κ2) is 5.54. The molecule has 0 N–H and O–H groups in total. The van der Waals surface area contributed by atoms with E-state index in [-0.39, 0.29) is 11.6 Å². The molecule has 0 aromatic carbocycles. The Labute approximate surface area is 123 Å². The van der Waals surface area contributed by atoms with Crippen molar-refractivity contribution < 1.29 is 9.53 Å². The van der Waals surface area contributed by atoms with Crippen molar-refractivity contribution in [3.63, 3.8) is 0 Å². The first-order valence-electron chi connectivity index (χ1n) is 8.53. The van der Waals surface area contributed by atoms with Gasteiger partial charge in [0.05, 0.1) is 0 Å². The third kappa shape index (κ3) is 2.31. The van der Waals surface area contributed by atoms with Crippen molar-refractivity contribution in [2.24, 2.45) is 23.7 Å². The molecule has 0 aromatic rings. The van der Waals surface area contributed by atoms with Crippen molar-refractivity contribution >= 4 is 5.97 Å². The molecule has 4 rings (SSSR count). The van der Waals surface area contributed by atoms with Crippen LogP contribution in [0.5, 0.6) is 0 Å². The Hall–Kier alpha value is -0.790. The number of rotatable bonds is 6. The second-order valence-corrected chi connectivity index (χ2v) is 7.34. The molecule has 0 atom stereocenters. The third-order valence-corrected chi connectivity index (χ3v) is 6.15. The summed E-state index contributed by atoms with van der Waals surface area (Å²) in [5.74, 6) is 2.88. The van der Waals surface area contributed by atoms with Gasteiger partial charge in [-0.3, -0.25) is 0 Å². The summed E-state index contributed by atoms with van der Waals surface area (Å²) in [6, 6.07) is 0. The van der Waals surface area contributed by atoms with Crippen molar-refractivity contribution in [3.8, 4) is 0 Å². The molecular formula is C18H28O2. The normalized spacial score (nSPS) is 41.6. The fourth-order valence-electron chi connectivity index (χ4n) is 5.49. The molecule has 0 aliphatic heterocycles. The standard InChI is InChI=1S/C18H28O2/c1-3-5-6-7-18(20-17(19)4-2)15-9-13-8-14(11-15)12-16(18)10-13/h4,13-16H,2-3,5-12H2,1H3. The van der Waals surface area contributed by atoms with Gasteiger partial charge in [-0.2, -0.15) is 0 Å². The van der Waals surface area contributed by atoms with Gasteiger partial charge in [-0.05, 0) is 68.6 Å². The number of hydrogen-bond acceptors (Lipinski definition) is 2. The fraction of sp³-hybridized carbons (Fsp3) is 0.833. The zero-order valence-electron chi connectivity index (χ0n) is 12.8. The maximum absolute atomic E-state index is 11.9. The Bertz CT molecular complexity index is 357. The maximum Gasteiger partial charge on any atom is 0.330 e. The second-order valence-electron chi connectivity index (χ2n) is 7.34. The van der Waals surface area contributed by atoms with Gasteiger partial charge >= 0.3 is 5.97 Å². The zero-order valence-corrected chi connectivity index (χ0v) is 12.8. The zero-order chi connectivity index (χ0) is 14.2. The van der Waals surface area contributed by atoms with E-state index in [9.17, 15) is 4.79 Å². The lowest BCUT2D eigenvalue weighted by Gasteiger charge is -2.60. The highest BCUT2D eigenvalue weighted by atomic mass is 16.6. The van der Waals surface area contributed by atoms with Crippen LogP contribution in [0.25, 0.3) is 0 Å². The van der Waals surface area contributed by atoms with Crippen LogP contribution in [0.4, 0.5) is 0 Å². The predicted molar refractivity (Wildman–Crippen MR) is 80.2 cm³/mol. The van der Waals surface area contributed by atoms with Crippen LogP contribution in [0.1, 0.15) is 64.7 Å². The van der Waals surface area contributed by atoms with Crippen LogP contribution in [-0.4, -0.2) is 11.6 Å². The van der Waals surface area contributed by atoms with Crippen molar-refractivity contribution in [1.29, 1.82) is 0 Å². The maximum atomic E-state index is 11.9. The van der Waals surface area contributed by atoms with Crippen LogP contribution in [0.15, 0.2) is 12.7 Å². The van der Waals surface area contributed by atoms with Crippen LogP contribution < -0.4 is 0 Å². The molecule has 112 valence electrons. The summed E-state index contributed by atoms with van der Waals surface area (Å²) >= 11 is 0. The molecule has 0 radical (unpaired) electrons. The SMILES string of the molecule is C=CC(=O)OC1(CCCCC)C2CC3CC(C2)CC1C3. The Morgan fingerprint density at radius 3 is 2.25 bits per heavy atom. The molecule has 4 aliphatic rings. The predicted octanol–water partition coefficient (Wildman–Crippen LogP) is 4.49. The first kappa shape index (κ1) is 14.2. The highest BCUT2D eigenvalue weighted by Gasteiger charge is 2.58. The molecule has 4 bridgehead atoms. The topological polar surface area (TPSA) is 26.3 Å². The Kier molecular flexibility index (Phi) is 3.92. The highest BCUT2D eigenvalue weighted by Crippen LogP contribution is 2.61. The molecule has 0 spiro atoms. The van der Waals surface area contributed by atoms with E-state index in [1.807, 2.05) is 0 Å². The molecule has 0 aromatic heterocycles. The number of hydrogen-bond donors (Lipinski definition) is 0. The van der Waals surface area contributed by atoms with Crippen molar-refractivity contribution in [2.45, 2.75) is 70.3 Å². The van der Waals surface area contributed by atoms with E-state index < -0.39 is 0 Å². The van der Waals surface area contributed by atoms with E-state index in [0.29, 0.717) is 11.8 Å². The van der Waals surface area contributed by atoms with E-state index in [1.54, 1.807) is 0 Å².